The first-order valence-electron chi connectivity index (χ1n) is 8.08. The number of rotatable bonds is 6. The standard InChI is InChI=1S/C17H11ClF3N5O4/c18-11-2-4-15(14(6-11)26(28)29)30-7-16(27)24-12-5-10(17(19,20)21)1-3-13(12)25-9-22-8-23-25/h1-6,8-9H,7H2,(H,24,27). The molecule has 0 aliphatic carbocycles. The molecule has 30 heavy (non-hydrogen) atoms. The highest BCUT2D eigenvalue weighted by molar-refractivity contribution is 6.30. The van der Waals surface area contributed by atoms with Crippen LogP contribution in [0, 0.1) is 10.1 Å². The minimum Gasteiger partial charge on any atom is -0.477 e. The number of benzene rings is 2. The van der Waals surface area contributed by atoms with E-state index in [4.69, 9.17) is 16.3 Å². The topological polar surface area (TPSA) is 112 Å². The lowest BCUT2D eigenvalue weighted by Crippen LogP contribution is -2.22. The van der Waals surface area contributed by atoms with E-state index in [9.17, 15) is 28.1 Å². The quantitative estimate of drug-likeness (QED) is 0.459. The van der Waals surface area contributed by atoms with Crippen LogP contribution in [0.25, 0.3) is 5.69 Å². The molecule has 9 nitrogen and oxygen atoms in total. The molecule has 0 saturated heterocycles. The van der Waals surface area contributed by atoms with Gasteiger partial charge < -0.3 is 10.1 Å². The minimum atomic E-state index is -4.64. The molecule has 13 heteroatoms. The number of nitro groups is 1. The Morgan fingerprint density at radius 1 is 1.27 bits per heavy atom. The van der Waals surface area contributed by atoms with Crippen LogP contribution in [0.5, 0.6) is 5.75 Å². The predicted molar refractivity (Wildman–Crippen MR) is 98.6 cm³/mol. The number of halogens is 4. The number of hydrogen-bond donors (Lipinski definition) is 1. The van der Waals surface area contributed by atoms with Crippen molar-refractivity contribution in [2.45, 2.75) is 6.18 Å². The van der Waals surface area contributed by atoms with E-state index >= 15 is 0 Å². The largest absolute Gasteiger partial charge is 0.477 e. The highest BCUT2D eigenvalue weighted by Crippen LogP contribution is 2.33. The van der Waals surface area contributed by atoms with Crippen LogP contribution in [0.2, 0.25) is 5.02 Å². The Kier molecular flexibility index (Phi) is 5.87. The van der Waals surface area contributed by atoms with Crippen LogP contribution in [-0.2, 0) is 11.0 Å². The van der Waals surface area contributed by atoms with Crippen molar-refractivity contribution in [1.29, 1.82) is 0 Å². The van der Waals surface area contributed by atoms with Crippen LogP contribution in [0.15, 0.2) is 49.1 Å². The Balaban J connectivity index is 1.82. The number of ether oxygens (including phenoxy) is 1. The summed E-state index contributed by atoms with van der Waals surface area (Å²) in [5.41, 5.74) is -1.52. The summed E-state index contributed by atoms with van der Waals surface area (Å²) in [6.45, 7) is -0.699. The third-order valence-electron chi connectivity index (χ3n) is 3.74. The molecular weight excluding hydrogens is 431 g/mol. The number of hydrogen-bond acceptors (Lipinski definition) is 6. The van der Waals surface area contributed by atoms with Crippen molar-refractivity contribution in [1.82, 2.24) is 14.8 Å². The zero-order valence-electron chi connectivity index (χ0n) is 14.8. The van der Waals surface area contributed by atoms with Gasteiger partial charge in [0.05, 0.1) is 21.9 Å². The van der Waals surface area contributed by atoms with E-state index in [2.05, 4.69) is 15.4 Å². The Bertz CT molecular complexity index is 1090. The van der Waals surface area contributed by atoms with Gasteiger partial charge in [0.15, 0.2) is 12.4 Å². The molecule has 156 valence electrons. The van der Waals surface area contributed by atoms with Crippen molar-refractivity contribution in [3.8, 4) is 11.4 Å². The SMILES string of the molecule is O=C(COc1ccc(Cl)cc1[N+](=O)[O-])Nc1cc(C(F)(F)F)ccc1-n1cncn1. The molecule has 0 atom stereocenters. The maximum absolute atomic E-state index is 13.1. The van der Waals surface area contributed by atoms with Gasteiger partial charge in [-0.05, 0) is 30.3 Å². The third-order valence-corrected chi connectivity index (χ3v) is 3.98. The third kappa shape index (κ3) is 4.84. The van der Waals surface area contributed by atoms with Crippen LogP contribution >= 0.6 is 11.6 Å². The van der Waals surface area contributed by atoms with Gasteiger partial charge in [0.1, 0.15) is 12.7 Å². The van der Waals surface area contributed by atoms with Crippen LogP contribution in [0.4, 0.5) is 24.5 Å². The van der Waals surface area contributed by atoms with E-state index in [0.717, 1.165) is 24.3 Å². The molecule has 0 fully saturated rings. The number of nitrogens with one attached hydrogen (secondary N) is 1. The van der Waals surface area contributed by atoms with Crippen molar-refractivity contribution in [3.63, 3.8) is 0 Å². The molecule has 1 amide bonds. The Morgan fingerprint density at radius 2 is 2.03 bits per heavy atom. The van der Waals surface area contributed by atoms with E-state index in [1.165, 1.54) is 29.5 Å². The van der Waals surface area contributed by atoms with Gasteiger partial charge in [-0.3, -0.25) is 14.9 Å². The molecule has 0 bridgehead atoms. The number of nitrogens with zero attached hydrogens (tertiary/aromatic N) is 4. The summed E-state index contributed by atoms with van der Waals surface area (Å²) in [7, 11) is 0. The van der Waals surface area contributed by atoms with Crippen molar-refractivity contribution in [2.24, 2.45) is 0 Å². The van der Waals surface area contributed by atoms with Gasteiger partial charge in [0, 0.05) is 11.1 Å². The lowest BCUT2D eigenvalue weighted by molar-refractivity contribution is -0.385. The molecule has 1 N–H and O–H groups in total. The molecule has 0 aliphatic rings. The fourth-order valence-electron chi connectivity index (χ4n) is 2.43. The number of carbonyl (C=O) groups excluding carboxylic acids is 1. The number of amides is 1. The maximum atomic E-state index is 13.1. The average Bonchev–Trinajstić information content (AvgIpc) is 3.20. The number of nitro benzene ring substituents is 1. The summed E-state index contributed by atoms with van der Waals surface area (Å²) in [5.74, 6) is -1.07. The van der Waals surface area contributed by atoms with Gasteiger partial charge in [-0.15, -0.1) is 0 Å². The van der Waals surface area contributed by atoms with Crippen molar-refractivity contribution in [3.05, 3.63) is 69.8 Å². The van der Waals surface area contributed by atoms with E-state index in [1.54, 1.807) is 0 Å². The Labute approximate surface area is 171 Å². The summed E-state index contributed by atoms with van der Waals surface area (Å²) in [4.78, 5) is 26.3. The van der Waals surface area contributed by atoms with Crippen LogP contribution in [0.1, 0.15) is 5.56 Å². The predicted octanol–water partition coefficient (Wildman–Crippen LogP) is 3.87. The van der Waals surface area contributed by atoms with Gasteiger partial charge in [-0.1, -0.05) is 11.6 Å². The number of alkyl halides is 3. The number of anilines is 1. The molecule has 3 aromatic rings. The van der Waals surface area contributed by atoms with Crippen LogP contribution in [0.3, 0.4) is 0 Å². The van der Waals surface area contributed by atoms with Crippen molar-refractivity contribution in [2.75, 3.05) is 11.9 Å². The first-order valence-corrected chi connectivity index (χ1v) is 8.46. The van der Waals surface area contributed by atoms with Crippen LogP contribution < -0.4 is 10.1 Å². The lowest BCUT2D eigenvalue weighted by atomic mass is 10.1. The monoisotopic (exact) mass is 441 g/mol. The smallest absolute Gasteiger partial charge is 0.416 e. The molecule has 0 aliphatic heterocycles. The first kappa shape index (κ1) is 21.0. The summed E-state index contributed by atoms with van der Waals surface area (Å²) >= 11 is 5.70. The lowest BCUT2D eigenvalue weighted by Gasteiger charge is -2.14. The number of aromatic nitrogens is 3. The molecule has 1 heterocycles. The van der Waals surface area contributed by atoms with Gasteiger partial charge in [0.25, 0.3) is 5.91 Å². The fraction of sp³-hybridized carbons (Fsp3) is 0.118. The summed E-state index contributed by atoms with van der Waals surface area (Å²) < 4.78 is 45.5. The molecule has 3 rings (SSSR count). The van der Waals surface area contributed by atoms with Crippen LogP contribution in [-0.4, -0.2) is 32.2 Å². The van der Waals surface area contributed by atoms with Gasteiger partial charge >= 0.3 is 11.9 Å². The molecule has 0 radical (unpaired) electrons. The summed E-state index contributed by atoms with van der Waals surface area (Å²) in [6, 6.07) is 6.28. The second kappa shape index (κ2) is 8.37. The zero-order chi connectivity index (χ0) is 21.9. The summed E-state index contributed by atoms with van der Waals surface area (Å²) in [5, 5.41) is 17.3. The van der Waals surface area contributed by atoms with E-state index in [0.29, 0.717) is 0 Å². The van der Waals surface area contributed by atoms with Crippen molar-refractivity contribution < 1.29 is 27.6 Å². The zero-order valence-corrected chi connectivity index (χ0v) is 15.5. The van der Waals surface area contributed by atoms with E-state index in [-0.39, 0.29) is 22.1 Å². The number of carbonyl (C=O) groups is 1. The summed E-state index contributed by atoms with van der Waals surface area (Å²) in [6.07, 6.45) is -2.22. The second-order valence-electron chi connectivity index (χ2n) is 5.78. The Morgan fingerprint density at radius 3 is 2.67 bits per heavy atom. The molecule has 0 unspecified atom stereocenters. The van der Waals surface area contributed by atoms with Gasteiger partial charge in [0.2, 0.25) is 0 Å². The molecule has 2 aromatic carbocycles. The highest BCUT2D eigenvalue weighted by Gasteiger charge is 2.31. The van der Waals surface area contributed by atoms with Crippen molar-refractivity contribution >= 4 is 28.9 Å². The van der Waals surface area contributed by atoms with E-state index in [1.807, 2.05) is 0 Å². The van der Waals surface area contributed by atoms with Gasteiger partial charge in [-0.25, -0.2) is 9.67 Å². The first-order chi connectivity index (χ1) is 14.1. The molecule has 0 saturated carbocycles. The average molecular weight is 442 g/mol. The van der Waals surface area contributed by atoms with E-state index < -0.39 is 34.9 Å². The normalized spacial score (nSPS) is 11.2. The molecular formula is C17H11ClF3N5O4. The molecule has 0 spiro atoms. The Hall–Kier alpha value is -3.67. The molecule has 1 aromatic heterocycles. The fourth-order valence-corrected chi connectivity index (χ4v) is 2.60. The minimum absolute atomic E-state index is 0.0972. The highest BCUT2D eigenvalue weighted by atomic mass is 35.5. The van der Waals surface area contributed by atoms with Gasteiger partial charge in [-0.2, -0.15) is 18.3 Å². The second-order valence-corrected chi connectivity index (χ2v) is 6.21. The maximum Gasteiger partial charge on any atom is 0.416 e.